The van der Waals surface area contributed by atoms with E-state index in [0.29, 0.717) is 37.3 Å². The van der Waals surface area contributed by atoms with Gasteiger partial charge in [-0.1, -0.05) is 12.1 Å². The van der Waals surface area contributed by atoms with Crippen LogP contribution in [-0.2, 0) is 19.6 Å². The van der Waals surface area contributed by atoms with Crippen molar-refractivity contribution in [2.75, 3.05) is 45.2 Å². The largest absolute Gasteiger partial charge is 0.449 e. The van der Waals surface area contributed by atoms with Gasteiger partial charge in [0.25, 0.3) is 5.91 Å². The average molecular weight is 475 g/mol. The molecule has 2 aromatic carbocycles. The lowest BCUT2D eigenvalue weighted by atomic mass is 10.2. The van der Waals surface area contributed by atoms with Crippen molar-refractivity contribution in [1.29, 1.82) is 0 Å². The van der Waals surface area contributed by atoms with Crippen LogP contribution in [-0.4, -0.2) is 69.3 Å². The predicted octanol–water partition coefficient (Wildman–Crippen LogP) is 2.30. The minimum atomic E-state index is -4.02. The minimum absolute atomic E-state index is 0.0319. The van der Waals surface area contributed by atoms with Crippen LogP contribution in [0.15, 0.2) is 57.8 Å². The Bertz CT molecular complexity index is 1280. The standard InChI is InChI=1S/C22H22FN3O6S/c1-25(33(29,30)16-8-6-15(23)7-9-16)14-19(27)24-20-17-4-2-3-5-18(17)32-21(20)22(28)26-10-12-31-13-11-26/h2-9H,10-14H2,1H3,(H,24,27). The number of ether oxygens (including phenoxy) is 1. The molecule has 2 amide bonds. The van der Waals surface area contributed by atoms with E-state index < -0.39 is 34.2 Å². The third kappa shape index (κ3) is 4.75. The van der Waals surface area contributed by atoms with E-state index in [9.17, 15) is 22.4 Å². The number of carbonyl (C=O) groups is 2. The van der Waals surface area contributed by atoms with E-state index in [-0.39, 0.29) is 16.3 Å². The summed E-state index contributed by atoms with van der Waals surface area (Å²) in [5.74, 6) is -1.66. The number of halogens is 1. The number of anilines is 1. The SMILES string of the molecule is CN(CC(=O)Nc1c(C(=O)N2CCOCC2)oc2ccccc12)S(=O)(=O)c1ccc(F)cc1. The molecular formula is C22H22FN3O6S. The van der Waals surface area contributed by atoms with E-state index in [2.05, 4.69) is 5.32 Å². The number of sulfonamides is 1. The van der Waals surface area contributed by atoms with Gasteiger partial charge in [0, 0.05) is 25.5 Å². The summed E-state index contributed by atoms with van der Waals surface area (Å²) in [6.45, 7) is 1.06. The van der Waals surface area contributed by atoms with E-state index in [1.807, 2.05) is 0 Å². The normalized spacial score (nSPS) is 14.6. The topological polar surface area (TPSA) is 109 Å². The maximum atomic E-state index is 13.1. The van der Waals surface area contributed by atoms with Crippen LogP contribution in [0, 0.1) is 5.82 Å². The fourth-order valence-electron chi connectivity index (χ4n) is 3.48. The van der Waals surface area contributed by atoms with Gasteiger partial charge < -0.3 is 19.4 Å². The lowest BCUT2D eigenvalue weighted by Gasteiger charge is -2.26. The summed E-state index contributed by atoms with van der Waals surface area (Å²) in [6, 6.07) is 11.2. The number of likely N-dealkylation sites (N-methyl/N-ethyl adjacent to an activating group) is 1. The number of carbonyl (C=O) groups excluding carboxylic acids is 2. The molecule has 9 nitrogen and oxygen atoms in total. The number of amides is 2. The fourth-order valence-corrected chi connectivity index (χ4v) is 4.61. The molecule has 4 rings (SSSR count). The molecule has 2 heterocycles. The summed E-state index contributed by atoms with van der Waals surface area (Å²) in [5, 5.41) is 3.16. The lowest BCUT2D eigenvalue weighted by Crippen LogP contribution is -2.41. The molecule has 1 aliphatic rings. The maximum Gasteiger partial charge on any atom is 0.291 e. The zero-order valence-electron chi connectivity index (χ0n) is 17.8. The first-order valence-corrected chi connectivity index (χ1v) is 11.6. The molecule has 174 valence electrons. The molecule has 0 atom stereocenters. The fraction of sp³-hybridized carbons (Fsp3) is 0.273. The quantitative estimate of drug-likeness (QED) is 0.586. The van der Waals surface area contributed by atoms with Crippen molar-refractivity contribution in [2.24, 2.45) is 0 Å². The van der Waals surface area contributed by atoms with Gasteiger partial charge in [0.05, 0.1) is 24.7 Å². The molecule has 1 aliphatic heterocycles. The van der Waals surface area contributed by atoms with Gasteiger partial charge in [-0.3, -0.25) is 9.59 Å². The van der Waals surface area contributed by atoms with Crippen LogP contribution in [0.3, 0.4) is 0 Å². The van der Waals surface area contributed by atoms with Crippen LogP contribution in [0.2, 0.25) is 0 Å². The van der Waals surface area contributed by atoms with Gasteiger partial charge in [-0.05, 0) is 36.4 Å². The van der Waals surface area contributed by atoms with Gasteiger partial charge in [0.2, 0.25) is 21.7 Å². The molecule has 0 aliphatic carbocycles. The number of rotatable bonds is 6. The first kappa shape index (κ1) is 22.9. The number of hydrogen-bond acceptors (Lipinski definition) is 6. The second-order valence-electron chi connectivity index (χ2n) is 7.47. The highest BCUT2D eigenvalue weighted by Crippen LogP contribution is 2.32. The van der Waals surface area contributed by atoms with Crippen molar-refractivity contribution in [3.8, 4) is 0 Å². The molecule has 3 aromatic rings. The highest BCUT2D eigenvalue weighted by molar-refractivity contribution is 7.89. The number of morpholine rings is 1. The zero-order chi connectivity index (χ0) is 23.6. The van der Waals surface area contributed by atoms with Crippen LogP contribution in [0.5, 0.6) is 0 Å². The van der Waals surface area contributed by atoms with Crippen molar-refractivity contribution < 1.29 is 31.6 Å². The Morgan fingerprint density at radius 1 is 1.09 bits per heavy atom. The number of nitrogens with zero attached hydrogens (tertiary/aromatic N) is 2. The molecule has 1 aromatic heterocycles. The molecule has 33 heavy (non-hydrogen) atoms. The van der Waals surface area contributed by atoms with Gasteiger partial charge in [0.1, 0.15) is 17.1 Å². The predicted molar refractivity (Wildman–Crippen MR) is 118 cm³/mol. The number of hydrogen-bond donors (Lipinski definition) is 1. The maximum absolute atomic E-state index is 13.1. The van der Waals surface area contributed by atoms with Crippen LogP contribution >= 0.6 is 0 Å². The first-order valence-electron chi connectivity index (χ1n) is 10.2. The van der Waals surface area contributed by atoms with Crippen LogP contribution < -0.4 is 5.32 Å². The Labute approximate surface area is 189 Å². The van der Waals surface area contributed by atoms with E-state index in [1.165, 1.54) is 7.05 Å². The minimum Gasteiger partial charge on any atom is -0.449 e. The van der Waals surface area contributed by atoms with Gasteiger partial charge in [-0.15, -0.1) is 0 Å². The second-order valence-corrected chi connectivity index (χ2v) is 9.51. The number of nitrogens with one attached hydrogen (secondary N) is 1. The van der Waals surface area contributed by atoms with E-state index in [4.69, 9.17) is 9.15 Å². The van der Waals surface area contributed by atoms with E-state index >= 15 is 0 Å². The molecule has 11 heteroatoms. The van der Waals surface area contributed by atoms with Crippen molar-refractivity contribution >= 4 is 38.5 Å². The van der Waals surface area contributed by atoms with Crippen molar-refractivity contribution in [1.82, 2.24) is 9.21 Å². The van der Waals surface area contributed by atoms with Crippen molar-refractivity contribution in [3.63, 3.8) is 0 Å². The summed E-state index contributed by atoms with van der Waals surface area (Å²) in [4.78, 5) is 27.3. The monoisotopic (exact) mass is 475 g/mol. The zero-order valence-corrected chi connectivity index (χ0v) is 18.6. The van der Waals surface area contributed by atoms with Crippen LogP contribution in [0.25, 0.3) is 11.0 Å². The molecule has 0 saturated carbocycles. The number of para-hydroxylation sites is 1. The molecule has 0 radical (unpaired) electrons. The highest BCUT2D eigenvalue weighted by Gasteiger charge is 2.29. The molecule has 0 spiro atoms. The van der Waals surface area contributed by atoms with Crippen LogP contribution in [0.4, 0.5) is 10.1 Å². The second kappa shape index (κ2) is 9.30. The smallest absolute Gasteiger partial charge is 0.291 e. The Morgan fingerprint density at radius 2 is 1.76 bits per heavy atom. The van der Waals surface area contributed by atoms with Gasteiger partial charge in [-0.25, -0.2) is 12.8 Å². The third-order valence-corrected chi connectivity index (χ3v) is 7.06. The Kier molecular flexibility index (Phi) is 6.45. The summed E-state index contributed by atoms with van der Waals surface area (Å²) in [6.07, 6.45) is 0. The molecular weight excluding hydrogens is 453 g/mol. The lowest BCUT2D eigenvalue weighted by molar-refractivity contribution is -0.116. The molecule has 0 unspecified atom stereocenters. The van der Waals surface area contributed by atoms with Crippen LogP contribution in [0.1, 0.15) is 10.6 Å². The van der Waals surface area contributed by atoms with E-state index in [0.717, 1.165) is 28.6 Å². The molecule has 1 N–H and O–H groups in total. The summed E-state index contributed by atoms with van der Waals surface area (Å²) < 4.78 is 50.4. The first-order chi connectivity index (χ1) is 15.8. The summed E-state index contributed by atoms with van der Waals surface area (Å²) >= 11 is 0. The molecule has 1 saturated heterocycles. The number of furan rings is 1. The number of benzene rings is 2. The average Bonchev–Trinajstić information content (AvgIpc) is 3.17. The Morgan fingerprint density at radius 3 is 2.45 bits per heavy atom. The van der Waals surface area contributed by atoms with Gasteiger partial charge in [0.15, 0.2) is 0 Å². The van der Waals surface area contributed by atoms with Gasteiger partial charge >= 0.3 is 0 Å². The molecule has 1 fully saturated rings. The van der Waals surface area contributed by atoms with E-state index in [1.54, 1.807) is 29.2 Å². The van der Waals surface area contributed by atoms with Crippen molar-refractivity contribution in [3.05, 3.63) is 60.1 Å². The Hall–Kier alpha value is -3.28. The number of fused-ring (bicyclic) bond motifs is 1. The Balaban J connectivity index is 1.57. The van der Waals surface area contributed by atoms with Gasteiger partial charge in [-0.2, -0.15) is 4.31 Å². The summed E-state index contributed by atoms with van der Waals surface area (Å²) in [5.41, 5.74) is 0.594. The summed E-state index contributed by atoms with van der Waals surface area (Å²) in [7, 11) is -2.78. The van der Waals surface area contributed by atoms with Crippen molar-refractivity contribution in [2.45, 2.75) is 4.90 Å². The third-order valence-electron chi connectivity index (χ3n) is 5.24. The highest BCUT2D eigenvalue weighted by atomic mass is 32.2. The molecule has 0 bridgehead atoms.